The number of rotatable bonds is 19. The molecule has 0 fully saturated rings. The van der Waals surface area contributed by atoms with Gasteiger partial charge in [-0.1, -0.05) is 138 Å². The van der Waals surface area contributed by atoms with Gasteiger partial charge in [-0.05, 0) is 53.0 Å². The summed E-state index contributed by atoms with van der Waals surface area (Å²) in [5.74, 6) is -1.18. The maximum absolute atomic E-state index is 13.4. The number of unbranched alkanes of at least 4 members (excludes halogenated alkanes) is 14. The fourth-order valence-corrected chi connectivity index (χ4v) is 5.38. The Hall–Kier alpha value is -1.84. The number of carboxylic acid groups (broad SMARTS) is 1. The lowest BCUT2D eigenvalue weighted by molar-refractivity contribution is -0.148. The third-order valence-corrected chi connectivity index (χ3v) is 8.30. The normalized spacial score (nSPS) is 13.8. The number of aromatic hydroxyl groups is 1. The van der Waals surface area contributed by atoms with Crippen molar-refractivity contribution in [1.82, 2.24) is 0 Å². The number of carbonyl (C=O) groups is 2. The number of carboxylic acids is 1. The summed E-state index contributed by atoms with van der Waals surface area (Å²) in [6.07, 6.45) is 19.0. The van der Waals surface area contributed by atoms with Crippen molar-refractivity contribution in [2.45, 2.75) is 174 Å². The molecule has 0 aromatic heterocycles. The molecule has 1 atom stereocenters. The maximum Gasteiger partial charge on any atom is 0.321 e. The first-order valence-electron chi connectivity index (χ1n) is 15.8. The Morgan fingerprint density at radius 1 is 0.615 bits per heavy atom. The number of hydrogen-bond donors (Lipinski definition) is 2. The monoisotopic (exact) mass is 544 g/mol. The van der Waals surface area contributed by atoms with Crippen molar-refractivity contribution in [3.8, 4) is 5.75 Å². The van der Waals surface area contributed by atoms with Gasteiger partial charge < -0.3 is 10.2 Å². The number of hydrogen-bond acceptors (Lipinski definition) is 3. The third kappa shape index (κ3) is 11.3. The lowest BCUT2D eigenvalue weighted by Crippen LogP contribution is -2.41. The van der Waals surface area contributed by atoms with E-state index in [1.165, 1.54) is 84.0 Å². The summed E-state index contributed by atoms with van der Waals surface area (Å²) >= 11 is 0. The molecule has 0 heterocycles. The number of Topliss-reactive ketones (excluding diaryl/α,β-unsaturated/α-hetero) is 1. The molecule has 1 rings (SSSR count). The van der Waals surface area contributed by atoms with Gasteiger partial charge in [0.2, 0.25) is 0 Å². The molecule has 0 bridgehead atoms. The average Bonchev–Trinajstić information content (AvgIpc) is 2.84. The second kappa shape index (κ2) is 16.4. The minimum absolute atomic E-state index is 0.196. The second-order valence-corrected chi connectivity index (χ2v) is 14.0. The molecule has 4 nitrogen and oxygen atoms in total. The lowest BCUT2D eigenvalue weighted by Gasteiger charge is -2.32. The predicted molar refractivity (Wildman–Crippen MR) is 165 cm³/mol. The highest BCUT2D eigenvalue weighted by Crippen LogP contribution is 2.42. The molecule has 0 aliphatic carbocycles. The molecule has 0 amide bonds. The zero-order valence-corrected chi connectivity index (χ0v) is 26.7. The fourth-order valence-electron chi connectivity index (χ4n) is 5.38. The van der Waals surface area contributed by atoms with Crippen molar-refractivity contribution in [2.24, 2.45) is 0 Å². The fraction of sp³-hybridized carbons (Fsp3) is 0.771. The van der Waals surface area contributed by atoms with Crippen molar-refractivity contribution in [3.05, 3.63) is 28.8 Å². The third-order valence-electron chi connectivity index (χ3n) is 8.30. The molecule has 0 aliphatic heterocycles. The first kappa shape index (κ1) is 35.2. The molecular formula is C35H60O4. The van der Waals surface area contributed by atoms with Gasteiger partial charge in [0.25, 0.3) is 0 Å². The van der Waals surface area contributed by atoms with Gasteiger partial charge in [-0.2, -0.15) is 0 Å². The second-order valence-electron chi connectivity index (χ2n) is 14.0. The minimum Gasteiger partial charge on any atom is -0.507 e. The highest BCUT2D eigenvalue weighted by molar-refractivity contribution is 6.08. The Morgan fingerprint density at radius 3 is 1.26 bits per heavy atom. The van der Waals surface area contributed by atoms with Gasteiger partial charge in [0, 0.05) is 6.42 Å². The summed E-state index contributed by atoms with van der Waals surface area (Å²) in [4.78, 5) is 26.0. The molecule has 0 radical (unpaired) electrons. The van der Waals surface area contributed by atoms with Gasteiger partial charge in [-0.15, -0.1) is 0 Å². The molecule has 0 aliphatic rings. The molecule has 2 N–H and O–H groups in total. The van der Waals surface area contributed by atoms with Crippen LogP contribution in [0.1, 0.15) is 175 Å². The zero-order valence-electron chi connectivity index (χ0n) is 26.7. The molecule has 1 unspecified atom stereocenters. The molecule has 1 aromatic carbocycles. The summed E-state index contributed by atoms with van der Waals surface area (Å²) in [6.45, 7) is 15.8. The van der Waals surface area contributed by atoms with Crippen LogP contribution in [0.5, 0.6) is 5.75 Å². The summed E-state index contributed by atoms with van der Waals surface area (Å²) in [7, 11) is 0. The van der Waals surface area contributed by atoms with Crippen LogP contribution < -0.4 is 0 Å². The Bertz CT molecular complexity index is 852. The molecule has 0 saturated heterocycles. The van der Waals surface area contributed by atoms with E-state index >= 15 is 0 Å². The Kier molecular flexibility index (Phi) is 14.8. The van der Waals surface area contributed by atoms with Crippen LogP contribution >= 0.6 is 0 Å². The van der Waals surface area contributed by atoms with E-state index in [1.807, 2.05) is 41.5 Å². The maximum atomic E-state index is 13.4. The highest BCUT2D eigenvalue weighted by Gasteiger charge is 2.44. The number of phenolic OH excluding ortho intramolecular Hbond substituents is 1. The lowest BCUT2D eigenvalue weighted by atomic mass is 9.71. The van der Waals surface area contributed by atoms with Gasteiger partial charge >= 0.3 is 5.97 Å². The van der Waals surface area contributed by atoms with E-state index in [1.54, 1.807) is 12.1 Å². The minimum atomic E-state index is -1.64. The number of carbonyl (C=O) groups excluding carboxylic acids is 1. The Balaban J connectivity index is 2.60. The average molecular weight is 545 g/mol. The number of aliphatic carboxylic acids is 1. The van der Waals surface area contributed by atoms with E-state index in [-0.39, 0.29) is 18.0 Å². The van der Waals surface area contributed by atoms with E-state index in [0.29, 0.717) is 16.7 Å². The smallest absolute Gasteiger partial charge is 0.321 e. The number of benzene rings is 1. The molecule has 39 heavy (non-hydrogen) atoms. The Morgan fingerprint density at radius 2 is 0.949 bits per heavy atom. The molecule has 1 aromatic rings. The SMILES string of the molecule is CCCCCCCCCCCCCCCCCC(=O)C(C)(C(=O)O)c1cc(C(C)(C)C)c(O)c(C(C)(C)C)c1. The highest BCUT2D eigenvalue weighted by atomic mass is 16.4. The van der Waals surface area contributed by atoms with Crippen molar-refractivity contribution < 1.29 is 19.8 Å². The summed E-state index contributed by atoms with van der Waals surface area (Å²) in [6, 6.07) is 3.48. The van der Waals surface area contributed by atoms with Crippen LogP contribution in [-0.2, 0) is 25.8 Å². The molecule has 4 heteroatoms. The van der Waals surface area contributed by atoms with E-state index in [2.05, 4.69) is 6.92 Å². The number of phenols is 1. The quantitative estimate of drug-likeness (QED) is 0.134. The van der Waals surface area contributed by atoms with Crippen LogP contribution in [0.25, 0.3) is 0 Å². The Labute approximate surface area is 240 Å². The van der Waals surface area contributed by atoms with E-state index in [9.17, 15) is 19.8 Å². The van der Waals surface area contributed by atoms with Gasteiger partial charge in [-0.25, -0.2) is 0 Å². The van der Waals surface area contributed by atoms with Gasteiger partial charge in [0.15, 0.2) is 5.78 Å². The van der Waals surface area contributed by atoms with Crippen molar-refractivity contribution in [2.75, 3.05) is 0 Å². The molecule has 224 valence electrons. The predicted octanol–water partition coefficient (Wildman–Crippen LogP) is 10.2. The first-order valence-corrected chi connectivity index (χ1v) is 15.8. The summed E-state index contributed by atoms with van der Waals surface area (Å²) < 4.78 is 0. The largest absolute Gasteiger partial charge is 0.507 e. The zero-order chi connectivity index (χ0) is 29.7. The van der Waals surface area contributed by atoms with Crippen LogP contribution in [0.4, 0.5) is 0 Å². The van der Waals surface area contributed by atoms with E-state index < -0.39 is 22.2 Å². The summed E-state index contributed by atoms with van der Waals surface area (Å²) in [5, 5.41) is 21.3. The van der Waals surface area contributed by atoms with E-state index in [0.717, 1.165) is 19.3 Å². The van der Waals surface area contributed by atoms with Crippen LogP contribution in [0.2, 0.25) is 0 Å². The van der Waals surface area contributed by atoms with E-state index in [4.69, 9.17) is 0 Å². The van der Waals surface area contributed by atoms with Crippen molar-refractivity contribution >= 4 is 11.8 Å². The van der Waals surface area contributed by atoms with Gasteiger partial charge in [0.1, 0.15) is 11.2 Å². The molecule has 0 saturated carbocycles. The van der Waals surface area contributed by atoms with Crippen molar-refractivity contribution in [3.63, 3.8) is 0 Å². The molecule has 0 spiro atoms. The topological polar surface area (TPSA) is 74.6 Å². The van der Waals surface area contributed by atoms with Crippen LogP contribution in [-0.4, -0.2) is 22.0 Å². The van der Waals surface area contributed by atoms with Gasteiger partial charge in [-0.3, -0.25) is 9.59 Å². The van der Waals surface area contributed by atoms with Gasteiger partial charge in [0.05, 0.1) is 0 Å². The summed E-state index contributed by atoms with van der Waals surface area (Å²) in [5.41, 5.74) is -0.597. The van der Waals surface area contributed by atoms with Crippen LogP contribution in [0.3, 0.4) is 0 Å². The standard InChI is InChI=1S/C35H60O4/c1-9-10-11-12-13-14-15-16-17-18-19-20-21-22-23-24-30(36)35(8,32(38)39)27-25-28(33(2,3)4)31(37)29(26-27)34(5,6)7/h25-26,37H,9-24H2,1-8H3,(H,38,39). The first-order chi connectivity index (χ1) is 18.2. The van der Waals surface area contributed by atoms with Crippen LogP contribution in [0.15, 0.2) is 12.1 Å². The van der Waals surface area contributed by atoms with Crippen LogP contribution in [0, 0.1) is 0 Å². The van der Waals surface area contributed by atoms with Crippen molar-refractivity contribution in [1.29, 1.82) is 0 Å². The number of ketones is 1. The molecular weight excluding hydrogens is 484 g/mol.